The fourth-order valence-corrected chi connectivity index (χ4v) is 6.20. The number of carbonyl (C=O) groups is 3. The van der Waals surface area contributed by atoms with Gasteiger partial charge < -0.3 is 30.2 Å². The number of hydrogen-bond acceptors (Lipinski definition) is 10. The van der Waals surface area contributed by atoms with Gasteiger partial charge in [-0.2, -0.15) is 4.57 Å². The highest BCUT2D eigenvalue weighted by molar-refractivity contribution is 8.00. The van der Waals surface area contributed by atoms with Crippen LogP contribution in [0.15, 0.2) is 52.5 Å². The van der Waals surface area contributed by atoms with Gasteiger partial charge in [-0.25, -0.2) is 4.98 Å². The van der Waals surface area contributed by atoms with Crippen LogP contribution in [0.4, 0.5) is 5.13 Å². The van der Waals surface area contributed by atoms with Gasteiger partial charge in [0.25, 0.3) is 11.8 Å². The van der Waals surface area contributed by atoms with Crippen molar-refractivity contribution in [2.45, 2.75) is 24.9 Å². The van der Waals surface area contributed by atoms with Crippen LogP contribution in [-0.4, -0.2) is 62.1 Å². The number of thioether (sulfide) groups is 1. The van der Waals surface area contributed by atoms with Crippen LogP contribution in [0.1, 0.15) is 11.4 Å². The Bertz CT molecular complexity index is 1460. The summed E-state index contributed by atoms with van der Waals surface area (Å²) in [6, 6.07) is 2.96. The smallest absolute Gasteiger partial charge is 0.276 e. The molecule has 1 saturated heterocycles. The number of rotatable bonds is 7. The Morgan fingerprint density at radius 2 is 2.22 bits per heavy atom. The van der Waals surface area contributed by atoms with Crippen LogP contribution >= 0.6 is 23.1 Å². The fraction of sp³-hybridized carbons (Fsp3) is 0.273. The average Bonchev–Trinajstić information content (AvgIpc) is 3.51. The second kappa shape index (κ2) is 9.28. The quantitative estimate of drug-likeness (QED) is 0.172. The molecular weight excluding hydrogens is 506 g/mol. The Hall–Kier alpha value is -3.91. The van der Waals surface area contributed by atoms with Crippen molar-refractivity contribution in [1.82, 2.24) is 19.6 Å². The maximum Gasteiger partial charge on any atom is 0.276 e. The molecule has 0 aromatic carbocycles. The first-order valence-corrected chi connectivity index (χ1v) is 12.7. The van der Waals surface area contributed by atoms with Crippen molar-refractivity contribution >= 4 is 57.2 Å². The summed E-state index contributed by atoms with van der Waals surface area (Å²) in [6.07, 6.45) is 5.68. The van der Waals surface area contributed by atoms with Crippen LogP contribution in [0, 0.1) is 6.92 Å². The van der Waals surface area contributed by atoms with E-state index in [1.807, 2.05) is 46.6 Å². The second-order valence-electron chi connectivity index (χ2n) is 8.11. The van der Waals surface area contributed by atoms with Gasteiger partial charge in [-0.1, -0.05) is 5.16 Å². The molecule has 0 radical (unpaired) electrons. The van der Waals surface area contributed by atoms with Gasteiger partial charge >= 0.3 is 0 Å². The molecule has 1 fully saturated rings. The van der Waals surface area contributed by atoms with E-state index < -0.39 is 29.2 Å². The van der Waals surface area contributed by atoms with Gasteiger partial charge in [0.15, 0.2) is 23.6 Å². The number of nitrogens with zero attached hydrogens (tertiary/aromatic N) is 5. The van der Waals surface area contributed by atoms with Gasteiger partial charge in [-0.05, 0) is 12.1 Å². The van der Waals surface area contributed by atoms with E-state index in [9.17, 15) is 19.5 Å². The summed E-state index contributed by atoms with van der Waals surface area (Å²) < 4.78 is 3.91. The van der Waals surface area contributed by atoms with Crippen molar-refractivity contribution in [2.75, 3.05) is 18.6 Å². The first-order chi connectivity index (χ1) is 17.3. The fourth-order valence-electron chi connectivity index (χ4n) is 4.31. The van der Waals surface area contributed by atoms with Crippen molar-refractivity contribution in [3.05, 3.63) is 58.8 Å². The first kappa shape index (κ1) is 23.8. The molecule has 2 aliphatic rings. The number of nitrogen functional groups attached to an aromatic ring is 1. The summed E-state index contributed by atoms with van der Waals surface area (Å²) in [5.74, 6) is -2.31. The van der Waals surface area contributed by atoms with Crippen molar-refractivity contribution in [2.24, 2.45) is 5.16 Å². The number of carbonyl (C=O) groups excluding carboxylic acids is 3. The van der Waals surface area contributed by atoms with E-state index in [0.717, 1.165) is 22.5 Å². The van der Waals surface area contributed by atoms with Crippen LogP contribution in [0.3, 0.4) is 0 Å². The largest absolute Gasteiger partial charge is 0.543 e. The molecule has 5 rings (SSSR count). The van der Waals surface area contributed by atoms with E-state index in [1.165, 1.54) is 23.8 Å². The minimum absolute atomic E-state index is 0.137. The Kier molecular flexibility index (Phi) is 6.14. The number of amides is 2. The highest BCUT2D eigenvalue weighted by Crippen LogP contribution is 2.40. The molecule has 2 amide bonds. The molecule has 0 saturated carbocycles. The lowest BCUT2D eigenvalue weighted by Gasteiger charge is -2.50. The number of anilines is 1. The molecule has 2 aliphatic heterocycles. The molecule has 2 atom stereocenters. The zero-order valence-corrected chi connectivity index (χ0v) is 20.8. The number of aryl methyl sites for hydroxylation is 1. The number of aromatic nitrogens is 3. The second-order valence-corrected chi connectivity index (χ2v) is 10.1. The minimum Gasteiger partial charge on any atom is -0.543 e. The van der Waals surface area contributed by atoms with E-state index in [0.29, 0.717) is 11.3 Å². The topological polar surface area (TPSA) is 158 Å². The normalized spacial score (nSPS) is 19.8. The van der Waals surface area contributed by atoms with E-state index in [4.69, 9.17) is 10.6 Å². The van der Waals surface area contributed by atoms with Crippen molar-refractivity contribution in [3.63, 3.8) is 0 Å². The molecule has 36 heavy (non-hydrogen) atoms. The molecule has 3 N–H and O–H groups in total. The number of hydrogen-bond donors (Lipinski definition) is 2. The molecular formula is C22H21N7O5S2. The predicted octanol–water partition coefficient (Wildman–Crippen LogP) is -0.971. The Morgan fingerprint density at radius 1 is 1.42 bits per heavy atom. The van der Waals surface area contributed by atoms with Gasteiger partial charge in [-0.15, -0.1) is 23.1 Å². The predicted molar refractivity (Wildman–Crippen MR) is 129 cm³/mol. The summed E-state index contributed by atoms with van der Waals surface area (Å²) >= 11 is 2.50. The van der Waals surface area contributed by atoms with Crippen LogP contribution in [0.25, 0.3) is 5.52 Å². The minimum atomic E-state index is -1.44. The molecule has 12 nitrogen and oxygen atoms in total. The molecule has 3 aromatic heterocycles. The molecule has 5 heterocycles. The van der Waals surface area contributed by atoms with Crippen LogP contribution in [-0.2, 0) is 25.8 Å². The number of nitrogens with one attached hydrogen (secondary N) is 1. The molecule has 0 spiro atoms. The third kappa shape index (κ3) is 3.97. The number of aliphatic carboxylic acids is 1. The maximum absolute atomic E-state index is 13.0. The zero-order valence-electron chi connectivity index (χ0n) is 19.2. The van der Waals surface area contributed by atoms with Crippen molar-refractivity contribution in [1.29, 1.82) is 0 Å². The number of nitrogens with two attached hydrogens (primary N) is 1. The Balaban J connectivity index is 1.38. The van der Waals surface area contributed by atoms with Crippen molar-refractivity contribution < 1.29 is 28.9 Å². The van der Waals surface area contributed by atoms with Gasteiger partial charge in [0.1, 0.15) is 29.7 Å². The monoisotopic (exact) mass is 527 g/mol. The summed E-state index contributed by atoms with van der Waals surface area (Å²) in [6.45, 7) is 2.23. The summed E-state index contributed by atoms with van der Waals surface area (Å²) in [4.78, 5) is 48.0. The first-order valence-electron chi connectivity index (χ1n) is 10.8. The average molecular weight is 528 g/mol. The highest BCUT2D eigenvalue weighted by atomic mass is 32.2. The number of carboxylic acid groups (broad SMARTS) is 1. The molecule has 14 heteroatoms. The highest BCUT2D eigenvalue weighted by Gasteiger charge is 2.53. The number of thiazole rings is 1. The molecule has 0 unspecified atom stereocenters. The van der Waals surface area contributed by atoms with Gasteiger partial charge in [-0.3, -0.25) is 14.5 Å². The molecule has 186 valence electrons. The van der Waals surface area contributed by atoms with E-state index in [-0.39, 0.29) is 28.8 Å². The number of carboxylic acids is 1. The zero-order chi connectivity index (χ0) is 25.6. The van der Waals surface area contributed by atoms with E-state index in [1.54, 1.807) is 5.38 Å². The lowest BCUT2D eigenvalue weighted by Crippen LogP contribution is -2.71. The van der Waals surface area contributed by atoms with Crippen LogP contribution < -0.4 is 20.7 Å². The van der Waals surface area contributed by atoms with Crippen LogP contribution in [0.5, 0.6) is 0 Å². The standard InChI is InChI=1S/C22H21N7O5S2/c1-11-14-4-3-5-27(14)6-7-28(11)8-12-9-35-20-16(19(31)29(20)17(12)21(32)33)25-18(30)15(26-34-2)13-10-36-22(23)24-13/h3-7,10,16,20H,8-9H2,1-2H3,(H3-,23,24,25,30,32,33)/b26-15-/t16-,20+/m1/s1. The SMILES string of the molecule is CO/N=C(\C(=O)N[C@@H]1C(=O)N2C(C(=O)[O-])=C(C[n+]3ccn4cccc4c3C)CS[C@@H]12)c1csc(N)n1. The van der Waals surface area contributed by atoms with Gasteiger partial charge in [0.2, 0.25) is 5.69 Å². The number of oxime groups is 1. The van der Waals surface area contributed by atoms with E-state index >= 15 is 0 Å². The third-order valence-electron chi connectivity index (χ3n) is 6.04. The third-order valence-corrected chi connectivity index (χ3v) is 8.05. The maximum atomic E-state index is 13.0. The van der Waals surface area contributed by atoms with Gasteiger partial charge in [0.05, 0.1) is 17.9 Å². The molecule has 0 aliphatic carbocycles. The lowest BCUT2D eigenvalue weighted by atomic mass is 10.0. The Morgan fingerprint density at radius 3 is 2.92 bits per heavy atom. The lowest BCUT2D eigenvalue weighted by molar-refractivity contribution is -0.694. The summed E-state index contributed by atoms with van der Waals surface area (Å²) in [5.41, 5.74) is 8.06. The molecule has 3 aromatic rings. The Labute approximate surface area is 213 Å². The number of β-lactam (4-membered cyclic amide) rings is 1. The summed E-state index contributed by atoms with van der Waals surface area (Å²) in [7, 11) is 1.28. The number of fused-ring (bicyclic) bond motifs is 2. The summed E-state index contributed by atoms with van der Waals surface area (Å²) in [5, 5.41) is 19.7. The van der Waals surface area contributed by atoms with Crippen molar-refractivity contribution in [3.8, 4) is 0 Å². The van der Waals surface area contributed by atoms with Gasteiger partial charge in [0, 0.05) is 29.8 Å². The molecule has 0 bridgehead atoms. The van der Waals surface area contributed by atoms with E-state index in [2.05, 4.69) is 15.5 Å². The van der Waals surface area contributed by atoms with Crippen LogP contribution in [0.2, 0.25) is 0 Å².